The minimum Gasteiger partial charge on any atom is -0.478 e. The fourth-order valence-electron chi connectivity index (χ4n) is 1.37. The van der Waals surface area contributed by atoms with E-state index in [1.165, 1.54) is 25.1 Å². The lowest BCUT2D eigenvalue weighted by Crippen LogP contribution is -2.26. The van der Waals surface area contributed by atoms with Gasteiger partial charge in [-0.1, -0.05) is 0 Å². The predicted octanol–water partition coefficient (Wildman–Crippen LogP) is -0.437. The zero-order valence-electron chi connectivity index (χ0n) is 10.6. The molecule has 0 saturated heterocycles. The van der Waals surface area contributed by atoms with Crippen molar-refractivity contribution >= 4 is 35.2 Å². The lowest BCUT2D eigenvalue weighted by Gasteiger charge is -2.06. The molecule has 0 aromatic heterocycles. The average molecular weight is 278 g/mol. The van der Waals surface area contributed by atoms with Crippen molar-refractivity contribution < 1.29 is 14.7 Å². The summed E-state index contributed by atoms with van der Waals surface area (Å²) in [5, 5.41) is 11.6. The van der Waals surface area contributed by atoms with E-state index < -0.39 is 5.97 Å². The molecule has 0 atom stereocenters. The van der Waals surface area contributed by atoms with Crippen LogP contribution in [0.4, 0.5) is 11.4 Å². The molecule has 20 heavy (non-hydrogen) atoms. The Morgan fingerprint density at radius 1 is 1.25 bits per heavy atom. The van der Waals surface area contributed by atoms with Crippen LogP contribution in [0.1, 0.15) is 17.3 Å². The minimum atomic E-state index is -1.23. The first-order chi connectivity index (χ1) is 9.29. The smallest absolute Gasteiger partial charge is 0.337 e. The van der Waals surface area contributed by atoms with Gasteiger partial charge in [-0.05, 0) is 18.2 Å². The van der Waals surface area contributed by atoms with Gasteiger partial charge in [0.2, 0.25) is 11.9 Å². The first kappa shape index (κ1) is 15.0. The van der Waals surface area contributed by atoms with Gasteiger partial charge in [-0.25, -0.2) is 9.79 Å². The van der Waals surface area contributed by atoms with Crippen molar-refractivity contribution in [3.8, 4) is 0 Å². The maximum absolute atomic E-state index is 11.2. The average Bonchev–Trinajstić information content (AvgIpc) is 2.28. The van der Waals surface area contributed by atoms with Crippen LogP contribution in [0.5, 0.6) is 0 Å². The Kier molecular flexibility index (Phi) is 4.62. The Morgan fingerprint density at radius 2 is 1.90 bits per heavy atom. The molecule has 106 valence electrons. The number of carboxylic acids is 1. The molecule has 0 radical (unpaired) electrons. The van der Waals surface area contributed by atoms with Gasteiger partial charge in [-0.2, -0.15) is 4.99 Å². The van der Waals surface area contributed by atoms with E-state index in [4.69, 9.17) is 22.3 Å². The number of rotatable bonds is 3. The number of nitrogens with two attached hydrogens (primary N) is 3. The van der Waals surface area contributed by atoms with Crippen molar-refractivity contribution in [3.05, 3.63) is 23.8 Å². The number of carbonyl (C=O) groups excluding carboxylic acids is 1. The number of guanidine groups is 2. The zero-order chi connectivity index (χ0) is 15.3. The van der Waals surface area contributed by atoms with Gasteiger partial charge in [0, 0.05) is 12.6 Å². The van der Waals surface area contributed by atoms with Crippen LogP contribution in [0.25, 0.3) is 0 Å². The summed E-state index contributed by atoms with van der Waals surface area (Å²) >= 11 is 0. The highest BCUT2D eigenvalue weighted by Gasteiger charge is 2.11. The van der Waals surface area contributed by atoms with Crippen molar-refractivity contribution in [1.29, 1.82) is 0 Å². The summed E-state index contributed by atoms with van der Waals surface area (Å²) in [7, 11) is 0. The molecular formula is C11H14N6O3. The summed E-state index contributed by atoms with van der Waals surface area (Å²) in [6.07, 6.45) is 0. The molecule has 0 heterocycles. The van der Waals surface area contributed by atoms with Gasteiger partial charge in [-0.15, -0.1) is 0 Å². The Labute approximate surface area is 114 Å². The van der Waals surface area contributed by atoms with Crippen LogP contribution in [-0.2, 0) is 4.79 Å². The van der Waals surface area contributed by atoms with Crippen molar-refractivity contribution in [2.45, 2.75) is 6.92 Å². The molecule has 9 nitrogen and oxygen atoms in total. The molecule has 0 fully saturated rings. The number of benzene rings is 1. The third-order valence-electron chi connectivity index (χ3n) is 2.03. The van der Waals surface area contributed by atoms with E-state index >= 15 is 0 Å². The number of anilines is 1. The molecule has 1 amide bonds. The third kappa shape index (κ3) is 4.29. The molecule has 0 unspecified atom stereocenters. The van der Waals surface area contributed by atoms with E-state index in [2.05, 4.69) is 15.3 Å². The summed E-state index contributed by atoms with van der Waals surface area (Å²) in [5.74, 6) is -2.12. The molecule has 0 aliphatic heterocycles. The van der Waals surface area contributed by atoms with E-state index in [0.29, 0.717) is 5.69 Å². The second kappa shape index (κ2) is 6.18. The van der Waals surface area contributed by atoms with Crippen molar-refractivity contribution in [1.82, 2.24) is 0 Å². The molecule has 8 N–H and O–H groups in total. The summed E-state index contributed by atoms with van der Waals surface area (Å²) in [6.45, 7) is 1.31. The number of hydrogen-bond acceptors (Lipinski definition) is 3. The first-order valence-corrected chi connectivity index (χ1v) is 5.38. The van der Waals surface area contributed by atoms with Crippen molar-refractivity contribution in [2.24, 2.45) is 27.2 Å². The molecular weight excluding hydrogens is 264 g/mol. The lowest BCUT2D eigenvalue weighted by molar-refractivity contribution is -0.114. The van der Waals surface area contributed by atoms with Crippen molar-refractivity contribution in [3.63, 3.8) is 0 Å². The predicted molar refractivity (Wildman–Crippen MR) is 74.8 cm³/mol. The second-order valence-electron chi connectivity index (χ2n) is 3.72. The number of nitrogens with one attached hydrogen (secondary N) is 1. The van der Waals surface area contributed by atoms with E-state index in [1.807, 2.05) is 0 Å². The van der Waals surface area contributed by atoms with Gasteiger partial charge in [0.15, 0.2) is 5.96 Å². The van der Waals surface area contributed by atoms with Crippen LogP contribution in [-0.4, -0.2) is 28.9 Å². The van der Waals surface area contributed by atoms with Crippen LogP contribution >= 0.6 is 0 Å². The Balaban J connectivity index is 3.24. The maximum Gasteiger partial charge on any atom is 0.337 e. The number of carbonyl (C=O) groups is 2. The molecule has 0 saturated carbocycles. The number of aromatic carboxylic acids is 1. The Morgan fingerprint density at radius 3 is 2.40 bits per heavy atom. The number of nitrogens with zero attached hydrogens (tertiary/aromatic N) is 2. The van der Waals surface area contributed by atoms with Gasteiger partial charge in [0.25, 0.3) is 0 Å². The summed E-state index contributed by atoms with van der Waals surface area (Å²) in [6, 6.07) is 4.12. The molecule has 0 bridgehead atoms. The summed E-state index contributed by atoms with van der Waals surface area (Å²) in [5.41, 5.74) is 15.9. The summed E-state index contributed by atoms with van der Waals surface area (Å²) in [4.78, 5) is 29.4. The van der Waals surface area contributed by atoms with Crippen LogP contribution in [0.3, 0.4) is 0 Å². The molecule has 1 aromatic rings. The maximum atomic E-state index is 11.2. The zero-order valence-corrected chi connectivity index (χ0v) is 10.6. The normalized spacial score (nSPS) is 10.8. The molecule has 9 heteroatoms. The van der Waals surface area contributed by atoms with Gasteiger partial charge in [0.05, 0.1) is 11.3 Å². The fraction of sp³-hybridized carbons (Fsp3) is 0.0909. The quantitative estimate of drug-likeness (QED) is 0.370. The molecule has 0 spiro atoms. The van der Waals surface area contributed by atoms with Gasteiger partial charge in [-0.3, -0.25) is 4.79 Å². The largest absolute Gasteiger partial charge is 0.478 e. The third-order valence-corrected chi connectivity index (χ3v) is 2.03. The van der Waals surface area contributed by atoms with Gasteiger partial charge in [0.1, 0.15) is 0 Å². The van der Waals surface area contributed by atoms with Crippen LogP contribution in [0.2, 0.25) is 0 Å². The molecule has 0 aliphatic carbocycles. The monoisotopic (exact) mass is 278 g/mol. The number of amides is 1. The van der Waals surface area contributed by atoms with Crippen LogP contribution in [0, 0.1) is 0 Å². The van der Waals surface area contributed by atoms with Gasteiger partial charge < -0.3 is 27.6 Å². The first-order valence-electron chi connectivity index (χ1n) is 5.38. The van der Waals surface area contributed by atoms with E-state index in [1.54, 1.807) is 0 Å². The topological polar surface area (TPSA) is 169 Å². The highest BCUT2D eigenvalue weighted by Crippen LogP contribution is 2.23. The fourth-order valence-corrected chi connectivity index (χ4v) is 1.37. The molecule has 1 aromatic carbocycles. The van der Waals surface area contributed by atoms with Crippen LogP contribution in [0.15, 0.2) is 28.2 Å². The minimum absolute atomic E-state index is 0.0640. The van der Waals surface area contributed by atoms with Crippen LogP contribution < -0.4 is 22.5 Å². The second-order valence-corrected chi connectivity index (χ2v) is 3.72. The van der Waals surface area contributed by atoms with Gasteiger partial charge >= 0.3 is 5.97 Å². The Bertz CT molecular complexity index is 604. The number of hydrogen-bond donors (Lipinski definition) is 5. The number of aliphatic imine (C=N–C) groups is 2. The molecule has 0 aliphatic rings. The van der Waals surface area contributed by atoms with E-state index in [9.17, 15) is 9.59 Å². The van der Waals surface area contributed by atoms with Crippen molar-refractivity contribution in [2.75, 3.05) is 5.32 Å². The lowest BCUT2D eigenvalue weighted by atomic mass is 10.1. The summed E-state index contributed by atoms with van der Waals surface area (Å²) < 4.78 is 0. The molecule has 1 rings (SSSR count). The Hall–Kier alpha value is -3.10. The standard InChI is InChI=1S/C11H14N6O3/c1-5(18)15-6-2-3-8(7(4-6)9(19)20)16-11(14)17-10(12)13/h2-4H,1H3,(H,15,18)(H,19,20)(H6,12,13,14,16,17). The van der Waals surface area contributed by atoms with E-state index in [0.717, 1.165) is 0 Å². The number of carboxylic acid groups (broad SMARTS) is 1. The highest BCUT2D eigenvalue weighted by atomic mass is 16.4. The van der Waals surface area contributed by atoms with E-state index in [-0.39, 0.29) is 29.1 Å². The highest BCUT2D eigenvalue weighted by molar-refractivity contribution is 5.99. The SMILES string of the molecule is CC(=O)Nc1ccc(N=C(N)N=C(N)N)c(C(=O)O)c1.